The Hall–Kier alpha value is -3.71. The Kier molecular flexibility index (Phi) is 5.81. The number of hydrogen-bond acceptors (Lipinski definition) is 10. The number of fused-ring (bicyclic) bond motifs is 2. The molecule has 180 valence electrons. The van der Waals surface area contributed by atoms with Crippen molar-refractivity contribution in [3.05, 3.63) is 73.1 Å². The van der Waals surface area contributed by atoms with Crippen molar-refractivity contribution >= 4 is 52.3 Å². The molecule has 2 amide bonds. The van der Waals surface area contributed by atoms with E-state index in [9.17, 15) is 29.3 Å². The fourth-order valence-corrected chi connectivity index (χ4v) is 7.10. The van der Waals surface area contributed by atoms with Crippen LogP contribution in [0.5, 0.6) is 0 Å². The maximum atomic E-state index is 13.6. The highest BCUT2D eigenvalue weighted by atomic mass is 32.2. The summed E-state index contributed by atoms with van der Waals surface area (Å²) in [7, 11) is 0. The number of anilines is 1. The number of nitro benzene ring substituents is 1. The van der Waals surface area contributed by atoms with Crippen molar-refractivity contribution in [3.63, 3.8) is 0 Å². The number of nitrogens with zero attached hydrogens (tertiary/aromatic N) is 3. The third-order valence-electron chi connectivity index (χ3n) is 5.81. The lowest BCUT2D eigenvalue weighted by Crippen LogP contribution is -2.32. The van der Waals surface area contributed by atoms with Crippen LogP contribution in [0.3, 0.4) is 0 Å². The minimum atomic E-state index is -0.886. The number of carbonyl (C=O) groups is 3. The van der Waals surface area contributed by atoms with Gasteiger partial charge in [0.05, 0.1) is 45.2 Å². The molecule has 3 atom stereocenters. The molecule has 1 saturated heterocycles. The van der Waals surface area contributed by atoms with E-state index in [1.807, 2.05) is 0 Å². The van der Waals surface area contributed by atoms with E-state index in [1.165, 1.54) is 35.1 Å². The van der Waals surface area contributed by atoms with Gasteiger partial charge in [0.1, 0.15) is 17.6 Å². The van der Waals surface area contributed by atoms with Crippen LogP contribution in [0.15, 0.2) is 56.9 Å². The van der Waals surface area contributed by atoms with Gasteiger partial charge in [0.15, 0.2) is 0 Å². The number of imide groups is 1. The van der Waals surface area contributed by atoms with Crippen LogP contribution in [0.25, 0.3) is 0 Å². The second-order valence-electron chi connectivity index (χ2n) is 7.77. The van der Waals surface area contributed by atoms with E-state index in [1.54, 1.807) is 19.1 Å². The second-order valence-corrected chi connectivity index (χ2v) is 9.89. The number of nitro groups is 1. The average Bonchev–Trinajstić information content (AvgIpc) is 3.52. The number of rotatable bonds is 6. The third kappa shape index (κ3) is 3.76. The molecule has 0 N–H and O–H groups in total. The molecule has 3 aromatic rings. The van der Waals surface area contributed by atoms with Crippen LogP contribution in [0.1, 0.15) is 23.5 Å². The van der Waals surface area contributed by atoms with Gasteiger partial charge in [-0.3, -0.25) is 33.9 Å². The second kappa shape index (κ2) is 8.82. The van der Waals surface area contributed by atoms with Crippen LogP contribution >= 0.6 is 23.1 Å². The summed E-state index contributed by atoms with van der Waals surface area (Å²) in [6.45, 7) is 1.50. The Morgan fingerprint density at radius 2 is 1.91 bits per heavy atom. The fourth-order valence-electron chi connectivity index (χ4n) is 4.34. The number of hydrogen-bond donors (Lipinski definition) is 0. The van der Waals surface area contributed by atoms with E-state index in [0.29, 0.717) is 15.7 Å². The number of carbonyl (C=O) groups excluding carboxylic acids is 3. The summed E-state index contributed by atoms with van der Waals surface area (Å²) >= 11 is 1.96. The minimum absolute atomic E-state index is 0.157. The number of thioether (sulfide) groups is 1. The molecule has 0 unspecified atom stereocenters. The lowest BCUT2D eigenvalue weighted by molar-refractivity contribution is -0.384. The van der Waals surface area contributed by atoms with E-state index in [-0.39, 0.29) is 24.5 Å². The lowest BCUT2D eigenvalue weighted by atomic mass is 9.87. The fraction of sp³-hybridized carbons (Fsp3) is 0.273. The smallest absolute Gasteiger partial charge is 0.326 e. The highest BCUT2D eigenvalue weighted by Crippen LogP contribution is 2.53. The molecule has 2 aliphatic rings. The van der Waals surface area contributed by atoms with Crippen molar-refractivity contribution in [1.82, 2.24) is 4.57 Å². The Morgan fingerprint density at radius 1 is 1.17 bits per heavy atom. The quantitative estimate of drug-likeness (QED) is 0.210. The van der Waals surface area contributed by atoms with Gasteiger partial charge in [-0.25, -0.2) is 4.90 Å². The number of amides is 2. The first kappa shape index (κ1) is 23.1. The standard InChI is InChI=1S/C22H17N3O8S2/c1-2-32-14(26)10-23-21-18(35-22(23)29)15(13-4-3-9-33-13)16-17(34-21)20(28)24(19(16)27)11-5-7-12(8-6-11)25(30)31/h3-9,15-17H,2,10H2,1H3/t15-,16-,17+/m0/s1. The normalized spacial score (nSPS) is 21.1. The van der Waals surface area contributed by atoms with Crippen LogP contribution in [-0.4, -0.2) is 39.1 Å². The van der Waals surface area contributed by atoms with E-state index >= 15 is 0 Å². The first-order valence-corrected chi connectivity index (χ1v) is 12.2. The Morgan fingerprint density at radius 3 is 2.54 bits per heavy atom. The molecule has 0 spiro atoms. The number of benzene rings is 1. The summed E-state index contributed by atoms with van der Waals surface area (Å²) in [4.78, 5) is 63.6. The van der Waals surface area contributed by atoms with E-state index in [4.69, 9.17) is 9.15 Å². The average molecular weight is 516 g/mol. The highest BCUT2D eigenvalue weighted by Gasteiger charge is 2.57. The first-order valence-electron chi connectivity index (χ1n) is 10.5. The van der Waals surface area contributed by atoms with Crippen molar-refractivity contribution in [2.24, 2.45) is 5.92 Å². The number of furan rings is 1. The summed E-state index contributed by atoms with van der Waals surface area (Å²) < 4.78 is 11.9. The van der Waals surface area contributed by atoms with Crippen LogP contribution in [-0.2, 0) is 25.7 Å². The first-order chi connectivity index (χ1) is 16.8. The molecule has 0 saturated carbocycles. The molecule has 0 radical (unpaired) electrons. The summed E-state index contributed by atoms with van der Waals surface area (Å²) in [6, 6.07) is 8.48. The number of esters is 1. The summed E-state index contributed by atoms with van der Waals surface area (Å²) in [5, 5.41) is 10.5. The van der Waals surface area contributed by atoms with Crippen molar-refractivity contribution in [3.8, 4) is 0 Å². The molecular weight excluding hydrogens is 498 g/mol. The zero-order valence-electron chi connectivity index (χ0n) is 18.1. The van der Waals surface area contributed by atoms with Crippen LogP contribution in [0.2, 0.25) is 0 Å². The van der Waals surface area contributed by atoms with Crippen molar-refractivity contribution < 1.29 is 28.5 Å². The van der Waals surface area contributed by atoms with Gasteiger partial charge in [0, 0.05) is 12.1 Å². The van der Waals surface area contributed by atoms with E-state index in [0.717, 1.165) is 28.0 Å². The summed E-state index contributed by atoms with van der Waals surface area (Å²) in [5.41, 5.74) is 0.0457. The Labute approximate surface area is 205 Å². The van der Waals surface area contributed by atoms with Crippen molar-refractivity contribution in [2.45, 2.75) is 29.7 Å². The molecule has 13 heteroatoms. The number of ether oxygens (including phenoxy) is 1. The predicted molar refractivity (Wildman–Crippen MR) is 124 cm³/mol. The largest absolute Gasteiger partial charge is 0.469 e. The van der Waals surface area contributed by atoms with Gasteiger partial charge in [-0.05, 0) is 31.2 Å². The maximum absolute atomic E-state index is 13.6. The molecule has 11 nitrogen and oxygen atoms in total. The monoisotopic (exact) mass is 515 g/mol. The van der Waals surface area contributed by atoms with Gasteiger partial charge in [-0.15, -0.1) is 0 Å². The molecule has 1 fully saturated rings. The number of thiazole rings is 1. The Balaban J connectivity index is 1.59. The molecule has 1 aromatic carbocycles. The maximum Gasteiger partial charge on any atom is 0.326 e. The number of non-ortho nitro benzene ring substituents is 1. The molecule has 0 aliphatic carbocycles. The predicted octanol–water partition coefficient (Wildman–Crippen LogP) is 2.77. The molecule has 2 aliphatic heterocycles. The van der Waals surface area contributed by atoms with Crippen molar-refractivity contribution in [1.29, 1.82) is 0 Å². The van der Waals surface area contributed by atoms with E-state index in [2.05, 4.69) is 0 Å². The van der Waals surface area contributed by atoms with Crippen LogP contribution in [0.4, 0.5) is 11.4 Å². The van der Waals surface area contributed by atoms with Gasteiger partial charge < -0.3 is 9.15 Å². The molecular formula is C22H17N3O8S2. The van der Waals surface area contributed by atoms with Crippen LogP contribution < -0.4 is 9.77 Å². The molecule has 4 heterocycles. The SMILES string of the molecule is CCOC(=O)Cn1c2c(sc1=O)[C@@H](c1ccco1)[C@@H]1C(=O)N(c3ccc([N+](=O)[O-])cc3)C(=O)[C@@H]1S2. The molecule has 35 heavy (non-hydrogen) atoms. The van der Waals surface area contributed by atoms with Gasteiger partial charge in [0.2, 0.25) is 11.8 Å². The summed E-state index contributed by atoms with van der Waals surface area (Å²) in [5.74, 6) is -2.76. The van der Waals surface area contributed by atoms with Gasteiger partial charge in [-0.1, -0.05) is 23.1 Å². The topological polar surface area (TPSA) is 142 Å². The highest BCUT2D eigenvalue weighted by molar-refractivity contribution is 8.00. The molecule has 2 aromatic heterocycles. The van der Waals surface area contributed by atoms with E-state index < -0.39 is 44.7 Å². The lowest BCUT2D eigenvalue weighted by Gasteiger charge is -2.28. The number of aromatic nitrogens is 1. The molecule has 5 rings (SSSR count). The zero-order chi connectivity index (χ0) is 24.9. The Bertz CT molecular complexity index is 1390. The van der Waals surface area contributed by atoms with Gasteiger partial charge in [0.25, 0.3) is 5.69 Å². The molecule has 0 bridgehead atoms. The summed E-state index contributed by atoms with van der Waals surface area (Å²) in [6.07, 6.45) is 1.44. The third-order valence-corrected chi connectivity index (χ3v) is 8.41. The van der Waals surface area contributed by atoms with Gasteiger partial charge in [-0.2, -0.15) is 0 Å². The van der Waals surface area contributed by atoms with Crippen molar-refractivity contribution in [2.75, 3.05) is 11.5 Å². The minimum Gasteiger partial charge on any atom is -0.469 e. The van der Waals surface area contributed by atoms with Gasteiger partial charge >= 0.3 is 10.8 Å². The zero-order valence-corrected chi connectivity index (χ0v) is 19.7. The van der Waals surface area contributed by atoms with Crippen LogP contribution in [0, 0.1) is 16.0 Å².